The summed E-state index contributed by atoms with van der Waals surface area (Å²) in [5, 5.41) is 2.93. The molecule has 0 saturated heterocycles. The van der Waals surface area contributed by atoms with Gasteiger partial charge >= 0.3 is 0 Å². The third-order valence-corrected chi connectivity index (χ3v) is 2.54. The standard InChI is InChI=1S/C13H22N2O2/c1-8-6-11(10(3)17-8)9(2)15-12(16)7-13(4,5)14/h6,9H,7,14H2,1-5H3,(H,15,16). The van der Waals surface area contributed by atoms with E-state index in [1.165, 1.54) is 0 Å². The molecule has 1 amide bonds. The molecule has 1 heterocycles. The fraction of sp³-hybridized carbons (Fsp3) is 0.615. The third-order valence-electron chi connectivity index (χ3n) is 2.54. The van der Waals surface area contributed by atoms with Crippen LogP contribution in [0.2, 0.25) is 0 Å². The van der Waals surface area contributed by atoms with Crippen LogP contribution in [0.1, 0.15) is 50.3 Å². The number of hydrogen-bond donors (Lipinski definition) is 2. The summed E-state index contributed by atoms with van der Waals surface area (Å²) < 4.78 is 5.44. The average Bonchev–Trinajstić information content (AvgIpc) is 2.41. The Kier molecular flexibility index (Phi) is 3.98. The van der Waals surface area contributed by atoms with Gasteiger partial charge in [0, 0.05) is 17.5 Å². The van der Waals surface area contributed by atoms with Crippen LogP contribution in [0.15, 0.2) is 10.5 Å². The van der Waals surface area contributed by atoms with Crippen LogP contribution in [0.25, 0.3) is 0 Å². The predicted molar refractivity (Wildman–Crippen MR) is 67.6 cm³/mol. The molecule has 0 spiro atoms. The second kappa shape index (κ2) is 4.92. The normalized spacial score (nSPS) is 13.5. The number of furan rings is 1. The van der Waals surface area contributed by atoms with E-state index < -0.39 is 5.54 Å². The Labute approximate surface area is 103 Å². The second-order valence-electron chi connectivity index (χ2n) is 5.32. The average molecular weight is 238 g/mol. The lowest BCUT2D eigenvalue weighted by Crippen LogP contribution is -2.39. The zero-order valence-corrected chi connectivity index (χ0v) is 11.3. The fourth-order valence-electron chi connectivity index (χ4n) is 1.86. The number of nitrogens with one attached hydrogen (secondary N) is 1. The molecule has 0 aliphatic rings. The van der Waals surface area contributed by atoms with Crippen molar-refractivity contribution in [3.8, 4) is 0 Å². The smallest absolute Gasteiger partial charge is 0.222 e. The van der Waals surface area contributed by atoms with Crippen LogP contribution in [0, 0.1) is 13.8 Å². The molecule has 0 bridgehead atoms. The van der Waals surface area contributed by atoms with Crippen LogP contribution in [-0.4, -0.2) is 11.4 Å². The van der Waals surface area contributed by atoms with Crippen molar-refractivity contribution in [1.82, 2.24) is 5.32 Å². The van der Waals surface area contributed by atoms with E-state index >= 15 is 0 Å². The van der Waals surface area contributed by atoms with Crippen LogP contribution >= 0.6 is 0 Å². The highest BCUT2D eigenvalue weighted by Gasteiger charge is 2.19. The van der Waals surface area contributed by atoms with Gasteiger partial charge in [-0.1, -0.05) is 0 Å². The number of hydrogen-bond acceptors (Lipinski definition) is 3. The number of carbonyl (C=O) groups excluding carboxylic acids is 1. The summed E-state index contributed by atoms with van der Waals surface area (Å²) in [6.07, 6.45) is 0.313. The first kappa shape index (κ1) is 13.8. The molecule has 3 N–H and O–H groups in total. The molecule has 0 fully saturated rings. The molecule has 0 aromatic carbocycles. The van der Waals surface area contributed by atoms with Crippen LogP contribution in [0.5, 0.6) is 0 Å². The Morgan fingerprint density at radius 1 is 1.53 bits per heavy atom. The quantitative estimate of drug-likeness (QED) is 0.845. The minimum Gasteiger partial charge on any atom is -0.466 e. The number of carbonyl (C=O) groups is 1. The van der Waals surface area contributed by atoms with Crippen molar-refractivity contribution in [2.45, 2.75) is 52.6 Å². The first-order valence-electron chi connectivity index (χ1n) is 5.84. The van der Waals surface area contributed by atoms with Crippen LogP contribution < -0.4 is 11.1 Å². The van der Waals surface area contributed by atoms with Gasteiger partial charge in [0.1, 0.15) is 11.5 Å². The molecule has 1 unspecified atom stereocenters. The zero-order chi connectivity index (χ0) is 13.2. The molecule has 1 atom stereocenters. The molecule has 17 heavy (non-hydrogen) atoms. The van der Waals surface area contributed by atoms with E-state index in [0.717, 1.165) is 17.1 Å². The van der Waals surface area contributed by atoms with Gasteiger partial charge in [-0.3, -0.25) is 4.79 Å². The maximum atomic E-state index is 11.7. The SMILES string of the molecule is Cc1cc(C(C)NC(=O)CC(C)(C)N)c(C)o1. The number of aryl methyl sites for hydroxylation is 2. The zero-order valence-electron chi connectivity index (χ0n) is 11.3. The van der Waals surface area contributed by atoms with Gasteiger partial charge in [0.2, 0.25) is 5.91 Å². The maximum absolute atomic E-state index is 11.7. The van der Waals surface area contributed by atoms with E-state index in [1.54, 1.807) is 0 Å². The lowest BCUT2D eigenvalue weighted by molar-refractivity contribution is -0.122. The fourth-order valence-corrected chi connectivity index (χ4v) is 1.86. The van der Waals surface area contributed by atoms with Crippen molar-refractivity contribution >= 4 is 5.91 Å². The van der Waals surface area contributed by atoms with Crippen molar-refractivity contribution in [2.75, 3.05) is 0 Å². The first-order valence-corrected chi connectivity index (χ1v) is 5.84. The van der Waals surface area contributed by atoms with Gasteiger partial charge < -0.3 is 15.5 Å². The van der Waals surface area contributed by atoms with Crippen molar-refractivity contribution in [1.29, 1.82) is 0 Å². The molecule has 0 aliphatic heterocycles. The minimum absolute atomic E-state index is 0.0387. The number of rotatable bonds is 4. The highest BCUT2D eigenvalue weighted by atomic mass is 16.3. The van der Waals surface area contributed by atoms with E-state index in [0.29, 0.717) is 6.42 Å². The molecule has 1 aromatic rings. The molecule has 1 aromatic heterocycles. The summed E-state index contributed by atoms with van der Waals surface area (Å²) in [6, 6.07) is 1.90. The molecule has 0 aliphatic carbocycles. The topological polar surface area (TPSA) is 68.3 Å². The van der Waals surface area contributed by atoms with Gasteiger partial charge in [-0.2, -0.15) is 0 Å². The lowest BCUT2D eigenvalue weighted by atomic mass is 10.0. The van der Waals surface area contributed by atoms with Gasteiger partial charge in [0.15, 0.2) is 0 Å². The second-order valence-corrected chi connectivity index (χ2v) is 5.32. The maximum Gasteiger partial charge on any atom is 0.222 e. The van der Waals surface area contributed by atoms with Gasteiger partial charge in [-0.05, 0) is 40.7 Å². The summed E-state index contributed by atoms with van der Waals surface area (Å²) in [5.41, 5.74) is 6.34. The molecular weight excluding hydrogens is 216 g/mol. The minimum atomic E-state index is -0.481. The van der Waals surface area contributed by atoms with E-state index in [4.69, 9.17) is 10.2 Å². The van der Waals surface area contributed by atoms with Gasteiger partial charge in [-0.25, -0.2) is 0 Å². The predicted octanol–water partition coefficient (Wildman–Crippen LogP) is 2.20. The summed E-state index contributed by atoms with van der Waals surface area (Å²) in [5.74, 6) is 1.67. The summed E-state index contributed by atoms with van der Waals surface area (Å²) >= 11 is 0. The van der Waals surface area contributed by atoms with E-state index in [-0.39, 0.29) is 11.9 Å². The largest absolute Gasteiger partial charge is 0.466 e. The Hall–Kier alpha value is -1.29. The molecule has 1 rings (SSSR count). The Bertz CT molecular complexity index is 402. The highest BCUT2D eigenvalue weighted by molar-refractivity contribution is 5.77. The van der Waals surface area contributed by atoms with Gasteiger partial charge in [0.25, 0.3) is 0 Å². The number of amides is 1. The van der Waals surface area contributed by atoms with Gasteiger partial charge in [-0.15, -0.1) is 0 Å². The Balaban J connectivity index is 2.64. The summed E-state index contributed by atoms with van der Waals surface area (Å²) in [6.45, 7) is 9.42. The van der Waals surface area contributed by atoms with E-state index in [2.05, 4.69) is 5.32 Å². The molecule has 0 saturated carbocycles. The lowest BCUT2D eigenvalue weighted by Gasteiger charge is -2.20. The molecule has 4 heteroatoms. The Morgan fingerprint density at radius 2 is 2.12 bits per heavy atom. The Morgan fingerprint density at radius 3 is 2.53 bits per heavy atom. The number of nitrogens with two attached hydrogens (primary N) is 1. The van der Waals surface area contributed by atoms with Crippen molar-refractivity contribution in [3.05, 3.63) is 23.2 Å². The molecule has 0 radical (unpaired) electrons. The van der Waals surface area contributed by atoms with E-state index in [1.807, 2.05) is 40.7 Å². The molecular formula is C13H22N2O2. The van der Waals surface area contributed by atoms with Crippen LogP contribution in [0.3, 0.4) is 0 Å². The van der Waals surface area contributed by atoms with Crippen molar-refractivity contribution in [3.63, 3.8) is 0 Å². The third kappa shape index (κ3) is 4.23. The molecule has 4 nitrogen and oxygen atoms in total. The van der Waals surface area contributed by atoms with Gasteiger partial charge in [0.05, 0.1) is 6.04 Å². The van der Waals surface area contributed by atoms with E-state index in [9.17, 15) is 4.79 Å². The van der Waals surface area contributed by atoms with Crippen molar-refractivity contribution < 1.29 is 9.21 Å². The van der Waals surface area contributed by atoms with Crippen LogP contribution in [-0.2, 0) is 4.79 Å². The van der Waals surface area contributed by atoms with Crippen LogP contribution in [0.4, 0.5) is 0 Å². The summed E-state index contributed by atoms with van der Waals surface area (Å²) in [4.78, 5) is 11.7. The monoisotopic (exact) mass is 238 g/mol. The first-order chi connectivity index (χ1) is 7.69. The van der Waals surface area contributed by atoms with Crippen molar-refractivity contribution in [2.24, 2.45) is 5.73 Å². The summed E-state index contributed by atoms with van der Waals surface area (Å²) in [7, 11) is 0. The molecule has 96 valence electrons. The highest BCUT2D eigenvalue weighted by Crippen LogP contribution is 2.21.